The van der Waals surface area contributed by atoms with Crippen LogP contribution in [-0.2, 0) is 28.6 Å². The molecule has 1 saturated heterocycles. The van der Waals surface area contributed by atoms with Crippen LogP contribution in [0.3, 0.4) is 0 Å². The molecule has 0 bridgehead atoms. The summed E-state index contributed by atoms with van der Waals surface area (Å²) >= 11 is 0. The minimum Gasteiger partial charge on any atom is -0.462 e. The number of anilines is 2. The summed E-state index contributed by atoms with van der Waals surface area (Å²) < 4.78 is 15.2. The fourth-order valence-electron chi connectivity index (χ4n) is 3.64. The maximum Gasteiger partial charge on any atom is 0.338 e. The Bertz CT molecular complexity index is 1130. The Morgan fingerprint density at radius 3 is 2.14 bits per heavy atom. The Hall–Kier alpha value is -4.21. The molecule has 0 aromatic heterocycles. The SMILES string of the molecule is CCCCOC(=O)c1ccc(N2C[C@H](C(=O)OCC(=O)Nc3ccc(C(=O)OCC)cc3)CC2=O)cc1. The van der Waals surface area contributed by atoms with E-state index in [4.69, 9.17) is 14.2 Å². The molecule has 37 heavy (non-hydrogen) atoms. The maximum atomic E-state index is 12.5. The predicted octanol–water partition coefficient (Wildman–Crippen LogP) is 3.36. The van der Waals surface area contributed by atoms with Crippen molar-refractivity contribution in [2.24, 2.45) is 5.92 Å². The summed E-state index contributed by atoms with van der Waals surface area (Å²) in [5, 5.41) is 2.58. The average Bonchev–Trinajstić information content (AvgIpc) is 3.29. The van der Waals surface area contributed by atoms with Crippen molar-refractivity contribution in [3.63, 3.8) is 0 Å². The molecule has 2 amide bonds. The molecule has 0 saturated carbocycles. The van der Waals surface area contributed by atoms with Gasteiger partial charge in [0, 0.05) is 24.3 Å². The van der Waals surface area contributed by atoms with Crippen LogP contribution in [-0.4, -0.2) is 56.1 Å². The third-order valence-corrected chi connectivity index (χ3v) is 5.63. The summed E-state index contributed by atoms with van der Waals surface area (Å²) in [6.45, 7) is 3.91. The molecule has 10 nitrogen and oxygen atoms in total. The lowest BCUT2D eigenvalue weighted by atomic mass is 10.1. The molecule has 2 aromatic rings. The van der Waals surface area contributed by atoms with Gasteiger partial charge in [0.05, 0.1) is 30.3 Å². The van der Waals surface area contributed by atoms with Gasteiger partial charge in [0.1, 0.15) is 0 Å². The zero-order valence-electron chi connectivity index (χ0n) is 20.9. The Labute approximate surface area is 214 Å². The molecule has 196 valence electrons. The smallest absolute Gasteiger partial charge is 0.338 e. The van der Waals surface area contributed by atoms with E-state index in [1.807, 2.05) is 6.92 Å². The van der Waals surface area contributed by atoms with Crippen molar-refractivity contribution in [3.05, 3.63) is 59.7 Å². The van der Waals surface area contributed by atoms with Crippen molar-refractivity contribution in [3.8, 4) is 0 Å². The highest BCUT2D eigenvalue weighted by molar-refractivity contribution is 6.00. The van der Waals surface area contributed by atoms with Gasteiger partial charge in [0.25, 0.3) is 5.91 Å². The number of benzene rings is 2. The van der Waals surface area contributed by atoms with Gasteiger partial charge in [-0.15, -0.1) is 0 Å². The van der Waals surface area contributed by atoms with Gasteiger partial charge in [0.15, 0.2) is 6.61 Å². The van der Waals surface area contributed by atoms with E-state index in [1.54, 1.807) is 31.2 Å². The fourth-order valence-corrected chi connectivity index (χ4v) is 3.64. The molecular formula is C27H30N2O8. The highest BCUT2D eigenvalue weighted by atomic mass is 16.5. The van der Waals surface area contributed by atoms with E-state index in [-0.39, 0.29) is 25.5 Å². The summed E-state index contributed by atoms with van der Waals surface area (Å²) in [4.78, 5) is 62.3. The second kappa shape index (κ2) is 13.2. The van der Waals surface area contributed by atoms with Crippen LogP contribution in [0.1, 0.15) is 53.8 Å². The number of nitrogens with zero attached hydrogens (tertiary/aromatic N) is 1. The van der Waals surface area contributed by atoms with Gasteiger partial charge < -0.3 is 24.4 Å². The number of nitrogens with one attached hydrogen (secondary N) is 1. The number of hydrogen-bond acceptors (Lipinski definition) is 8. The van der Waals surface area contributed by atoms with Crippen LogP contribution in [0.15, 0.2) is 48.5 Å². The molecule has 10 heteroatoms. The molecule has 1 aliphatic heterocycles. The number of carbonyl (C=O) groups is 5. The summed E-state index contributed by atoms with van der Waals surface area (Å²) in [6.07, 6.45) is 1.66. The second-order valence-corrected chi connectivity index (χ2v) is 8.40. The average molecular weight is 511 g/mol. The minimum absolute atomic E-state index is 0.0451. The van der Waals surface area contributed by atoms with Crippen LogP contribution in [0.25, 0.3) is 0 Å². The standard InChI is InChI=1S/C27H30N2O8/c1-3-5-14-36-26(33)19-8-12-22(13-9-19)29-16-20(15-24(29)31)27(34)37-17-23(30)28-21-10-6-18(7-11-21)25(32)35-4-2/h6-13,20H,3-5,14-17H2,1-2H3,(H,28,30)/t20-/m1/s1. The molecule has 1 N–H and O–H groups in total. The zero-order chi connectivity index (χ0) is 26.8. The van der Waals surface area contributed by atoms with Gasteiger partial charge in [-0.3, -0.25) is 14.4 Å². The lowest BCUT2D eigenvalue weighted by Gasteiger charge is -2.17. The number of ether oxygens (including phenoxy) is 3. The first kappa shape index (κ1) is 27.4. The lowest BCUT2D eigenvalue weighted by Crippen LogP contribution is -2.28. The lowest BCUT2D eigenvalue weighted by molar-refractivity contribution is -0.151. The Morgan fingerprint density at radius 1 is 0.892 bits per heavy atom. The molecule has 1 heterocycles. The number of amides is 2. The summed E-state index contributed by atoms with van der Waals surface area (Å²) in [5.74, 6) is -3.08. The van der Waals surface area contributed by atoms with Crippen molar-refractivity contribution < 1.29 is 38.2 Å². The first-order chi connectivity index (χ1) is 17.8. The third kappa shape index (κ3) is 7.63. The fraction of sp³-hybridized carbons (Fsp3) is 0.370. The van der Waals surface area contributed by atoms with Crippen molar-refractivity contribution in [1.82, 2.24) is 0 Å². The van der Waals surface area contributed by atoms with E-state index >= 15 is 0 Å². The predicted molar refractivity (Wildman–Crippen MR) is 134 cm³/mol. The zero-order valence-corrected chi connectivity index (χ0v) is 20.9. The number of esters is 3. The molecule has 0 aliphatic carbocycles. The summed E-state index contributed by atoms with van der Waals surface area (Å²) in [5.41, 5.74) is 1.70. The van der Waals surface area contributed by atoms with Crippen molar-refractivity contribution >= 4 is 41.1 Å². The molecular weight excluding hydrogens is 480 g/mol. The van der Waals surface area contributed by atoms with Crippen LogP contribution < -0.4 is 10.2 Å². The van der Waals surface area contributed by atoms with Crippen molar-refractivity contribution in [1.29, 1.82) is 0 Å². The largest absolute Gasteiger partial charge is 0.462 e. The third-order valence-electron chi connectivity index (χ3n) is 5.63. The number of hydrogen-bond donors (Lipinski definition) is 1. The molecule has 1 atom stereocenters. The van der Waals surface area contributed by atoms with E-state index in [2.05, 4.69) is 5.32 Å². The first-order valence-electron chi connectivity index (χ1n) is 12.1. The van der Waals surface area contributed by atoms with Crippen LogP contribution >= 0.6 is 0 Å². The van der Waals surface area contributed by atoms with E-state index in [1.165, 1.54) is 29.2 Å². The molecule has 0 unspecified atom stereocenters. The van der Waals surface area contributed by atoms with Crippen LogP contribution in [0, 0.1) is 5.92 Å². The highest BCUT2D eigenvalue weighted by Gasteiger charge is 2.36. The van der Waals surface area contributed by atoms with Gasteiger partial charge in [-0.05, 0) is 61.9 Å². The van der Waals surface area contributed by atoms with Gasteiger partial charge >= 0.3 is 17.9 Å². The van der Waals surface area contributed by atoms with Crippen molar-refractivity contribution in [2.45, 2.75) is 33.1 Å². The van der Waals surface area contributed by atoms with Crippen LogP contribution in [0.4, 0.5) is 11.4 Å². The normalized spacial score (nSPS) is 14.7. The van der Waals surface area contributed by atoms with Gasteiger partial charge in [-0.25, -0.2) is 9.59 Å². The monoisotopic (exact) mass is 510 g/mol. The molecule has 1 aliphatic rings. The van der Waals surface area contributed by atoms with Gasteiger partial charge in [-0.1, -0.05) is 13.3 Å². The Kier molecular flexibility index (Phi) is 9.76. The van der Waals surface area contributed by atoms with E-state index in [0.717, 1.165) is 12.8 Å². The second-order valence-electron chi connectivity index (χ2n) is 8.40. The first-order valence-corrected chi connectivity index (χ1v) is 12.1. The number of carbonyl (C=O) groups excluding carboxylic acids is 5. The van der Waals surface area contributed by atoms with E-state index in [0.29, 0.717) is 29.1 Å². The topological polar surface area (TPSA) is 128 Å². The summed E-state index contributed by atoms with van der Waals surface area (Å²) in [7, 11) is 0. The molecule has 1 fully saturated rings. The Morgan fingerprint density at radius 2 is 1.51 bits per heavy atom. The number of rotatable bonds is 11. The van der Waals surface area contributed by atoms with Crippen molar-refractivity contribution in [2.75, 3.05) is 36.6 Å². The molecule has 0 spiro atoms. The molecule has 3 rings (SSSR count). The van der Waals surface area contributed by atoms with Gasteiger partial charge in [0.2, 0.25) is 5.91 Å². The van der Waals surface area contributed by atoms with Gasteiger partial charge in [-0.2, -0.15) is 0 Å². The molecule has 0 radical (unpaired) electrons. The molecule has 2 aromatic carbocycles. The van der Waals surface area contributed by atoms with Crippen LogP contribution in [0.2, 0.25) is 0 Å². The quantitative estimate of drug-likeness (QED) is 0.277. The van der Waals surface area contributed by atoms with Crippen LogP contribution in [0.5, 0.6) is 0 Å². The minimum atomic E-state index is -0.720. The van der Waals surface area contributed by atoms with E-state index < -0.39 is 36.3 Å². The summed E-state index contributed by atoms with van der Waals surface area (Å²) in [6, 6.07) is 12.5. The maximum absolute atomic E-state index is 12.5. The Balaban J connectivity index is 1.47. The highest BCUT2D eigenvalue weighted by Crippen LogP contribution is 2.26. The van der Waals surface area contributed by atoms with E-state index in [9.17, 15) is 24.0 Å². The number of unbranched alkanes of at least 4 members (excludes halogenated alkanes) is 1.